The molecule has 18 heavy (non-hydrogen) atoms. The van der Waals surface area contributed by atoms with Crippen LogP contribution < -0.4 is 0 Å². The number of nitrogens with zero attached hydrogens (tertiary/aromatic N) is 3. The number of hydrogen-bond donors (Lipinski definition) is 0. The van der Waals surface area contributed by atoms with Crippen LogP contribution >= 0.6 is 0 Å². The van der Waals surface area contributed by atoms with Crippen LogP contribution in [0, 0.1) is 11.6 Å². The summed E-state index contributed by atoms with van der Waals surface area (Å²) in [5.74, 6) is -1.18. The molecule has 1 aliphatic heterocycles. The lowest BCUT2D eigenvalue weighted by Crippen LogP contribution is -2.48. The van der Waals surface area contributed by atoms with Crippen LogP contribution in [0.25, 0.3) is 0 Å². The minimum Gasteiger partial charge on any atom is -0.298 e. The molecule has 0 radical (unpaired) electrons. The van der Waals surface area contributed by atoms with Crippen molar-refractivity contribution in [2.45, 2.75) is 26.4 Å². The Hall–Kier alpha value is -1.07. The first-order chi connectivity index (χ1) is 8.56. The van der Waals surface area contributed by atoms with Gasteiger partial charge in [-0.05, 0) is 13.8 Å². The van der Waals surface area contributed by atoms with Gasteiger partial charge in [-0.2, -0.15) is 0 Å². The molecule has 100 valence electrons. The molecule has 0 unspecified atom stereocenters. The SMILES string of the molecule is CC(C)N1CCN(Cc2ncc(F)cc2F)CC1. The van der Waals surface area contributed by atoms with Crippen LogP contribution in [0.1, 0.15) is 19.5 Å². The second-order valence-corrected chi connectivity index (χ2v) is 4.99. The van der Waals surface area contributed by atoms with Crippen LogP contribution in [-0.4, -0.2) is 47.0 Å². The fourth-order valence-electron chi connectivity index (χ4n) is 2.21. The molecule has 3 nitrogen and oxygen atoms in total. The fourth-order valence-corrected chi connectivity index (χ4v) is 2.21. The summed E-state index contributed by atoms with van der Waals surface area (Å²) < 4.78 is 26.2. The summed E-state index contributed by atoms with van der Waals surface area (Å²) in [6.45, 7) is 8.58. The van der Waals surface area contributed by atoms with Crippen LogP contribution in [0.4, 0.5) is 8.78 Å². The predicted molar refractivity (Wildman–Crippen MR) is 66.1 cm³/mol. The molecular weight excluding hydrogens is 236 g/mol. The van der Waals surface area contributed by atoms with Crippen molar-refractivity contribution < 1.29 is 8.78 Å². The molecular formula is C13H19F2N3. The summed E-state index contributed by atoms with van der Waals surface area (Å²) in [5, 5.41) is 0. The van der Waals surface area contributed by atoms with E-state index in [0.29, 0.717) is 18.3 Å². The first kappa shape index (κ1) is 13.4. The van der Waals surface area contributed by atoms with Gasteiger partial charge >= 0.3 is 0 Å². The second kappa shape index (κ2) is 5.71. The van der Waals surface area contributed by atoms with Crippen molar-refractivity contribution in [2.75, 3.05) is 26.2 Å². The zero-order valence-electron chi connectivity index (χ0n) is 10.9. The highest BCUT2D eigenvalue weighted by atomic mass is 19.1. The van der Waals surface area contributed by atoms with E-state index in [0.717, 1.165) is 38.4 Å². The molecule has 0 bridgehead atoms. The molecule has 0 spiro atoms. The highest BCUT2D eigenvalue weighted by Gasteiger charge is 2.20. The molecule has 2 heterocycles. The summed E-state index contributed by atoms with van der Waals surface area (Å²) in [7, 11) is 0. The summed E-state index contributed by atoms with van der Waals surface area (Å²) in [6.07, 6.45) is 1.07. The van der Waals surface area contributed by atoms with Crippen molar-refractivity contribution in [3.63, 3.8) is 0 Å². The van der Waals surface area contributed by atoms with E-state index in [2.05, 4.69) is 28.6 Å². The maximum Gasteiger partial charge on any atom is 0.148 e. The lowest BCUT2D eigenvalue weighted by molar-refractivity contribution is 0.102. The van der Waals surface area contributed by atoms with E-state index in [-0.39, 0.29) is 0 Å². The van der Waals surface area contributed by atoms with Crippen LogP contribution in [0.15, 0.2) is 12.3 Å². The molecule has 1 fully saturated rings. The van der Waals surface area contributed by atoms with Gasteiger partial charge in [0, 0.05) is 44.8 Å². The van der Waals surface area contributed by atoms with E-state index in [4.69, 9.17) is 0 Å². The van der Waals surface area contributed by atoms with Gasteiger partial charge in [-0.3, -0.25) is 14.8 Å². The largest absolute Gasteiger partial charge is 0.298 e. The lowest BCUT2D eigenvalue weighted by atomic mass is 10.2. The van der Waals surface area contributed by atoms with Gasteiger partial charge in [0.05, 0.1) is 11.9 Å². The topological polar surface area (TPSA) is 19.4 Å². The molecule has 0 N–H and O–H groups in total. The van der Waals surface area contributed by atoms with E-state index < -0.39 is 11.6 Å². The van der Waals surface area contributed by atoms with Gasteiger partial charge in [-0.1, -0.05) is 0 Å². The molecule has 0 aliphatic carbocycles. The molecule has 0 atom stereocenters. The minimum atomic E-state index is -0.624. The Labute approximate surface area is 106 Å². The maximum absolute atomic E-state index is 13.5. The summed E-state index contributed by atoms with van der Waals surface area (Å²) >= 11 is 0. The number of piperazine rings is 1. The van der Waals surface area contributed by atoms with E-state index in [1.165, 1.54) is 0 Å². The van der Waals surface area contributed by atoms with Crippen molar-refractivity contribution in [1.82, 2.24) is 14.8 Å². The summed E-state index contributed by atoms with van der Waals surface area (Å²) in [6, 6.07) is 1.44. The van der Waals surface area contributed by atoms with Crippen LogP contribution in [0.3, 0.4) is 0 Å². The lowest BCUT2D eigenvalue weighted by Gasteiger charge is -2.36. The Balaban J connectivity index is 1.91. The van der Waals surface area contributed by atoms with Gasteiger partial charge < -0.3 is 0 Å². The van der Waals surface area contributed by atoms with E-state index >= 15 is 0 Å². The fraction of sp³-hybridized carbons (Fsp3) is 0.615. The van der Waals surface area contributed by atoms with Gasteiger partial charge in [0.25, 0.3) is 0 Å². The first-order valence-electron chi connectivity index (χ1n) is 6.32. The van der Waals surface area contributed by atoms with Gasteiger partial charge in [0.2, 0.25) is 0 Å². The monoisotopic (exact) mass is 255 g/mol. The molecule has 1 aliphatic rings. The smallest absolute Gasteiger partial charge is 0.148 e. The van der Waals surface area contributed by atoms with Crippen molar-refractivity contribution in [3.05, 3.63) is 29.6 Å². The average molecular weight is 255 g/mol. The van der Waals surface area contributed by atoms with E-state index in [9.17, 15) is 8.78 Å². The number of pyridine rings is 1. The Morgan fingerprint density at radius 1 is 1.22 bits per heavy atom. The van der Waals surface area contributed by atoms with Crippen LogP contribution in [0.2, 0.25) is 0 Å². The first-order valence-corrected chi connectivity index (χ1v) is 6.32. The number of rotatable bonds is 3. The van der Waals surface area contributed by atoms with Crippen molar-refractivity contribution in [3.8, 4) is 0 Å². The Bertz CT molecular complexity index is 401. The zero-order chi connectivity index (χ0) is 13.1. The predicted octanol–water partition coefficient (Wildman–Crippen LogP) is 1.89. The Kier molecular flexibility index (Phi) is 4.24. The van der Waals surface area contributed by atoms with Crippen LogP contribution in [-0.2, 0) is 6.54 Å². The van der Waals surface area contributed by atoms with E-state index in [1.54, 1.807) is 0 Å². The normalized spacial score (nSPS) is 18.5. The summed E-state index contributed by atoms with van der Waals surface area (Å²) in [4.78, 5) is 8.37. The maximum atomic E-state index is 13.5. The van der Waals surface area contributed by atoms with Gasteiger partial charge in [-0.15, -0.1) is 0 Å². The van der Waals surface area contributed by atoms with Gasteiger partial charge in [-0.25, -0.2) is 8.78 Å². The zero-order valence-corrected chi connectivity index (χ0v) is 10.9. The number of aromatic nitrogens is 1. The highest BCUT2D eigenvalue weighted by Crippen LogP contribution is 2.12. The van der Waals surface area contributed by atoms with E-state index in [1.807, 2.05) is 0 Å². The molecule has 1 saturated heterocycles. The van der Waals surface area contributed by atoms with Crippen molar-refractivity contribution >= 4 is 0 Å². The molecule has 5 heteroatoms. The van der Waals surface area contributed by atoms with Gasteiger partial charge in [0.15, 0.2) is 0 Å². The molecule has 2 rings (SSSR count). The molecule has 0 amide bonds. The second-order valence-electron chi connectivity index (χ2n) is 4.99. The van der Waals surface area contributed by atoms with Crippen LogP contribution in [0.5, 0.6) is 0 Å². The minimum absolute atomic E-state index is 0.328. The molecule has 0 aromatic carbocycles. The quantitative estimate of drug-likeness (QED) is 0.822. The number of hydrogen-bond acceptors (Lipinski definition) is 3. The van der Waals surface area contributed by atoms with Crippen molar-refractivity contribution in [2.24, 2.45) is 0 Å². The Morgan fingerprint density at radius 2 is 1.89 bits per heavy atom. The Morgan fingerprint density at radius 3 is 2.44 bits per heavy atom. The molecule has 0 saturated carbocycles. The third kappa shape index (κ3) is 3.23. The third-order valence-corrected chi connectivity index (χ3v) is 3.39. The molecule has 1 aromatic heterocycles. The third-order valence-electron chi connectivity index (χ3n) is 3.39. The highest BCUT2D eigenvalue weighted by molar-refractivity contribution is 5.08. The average Bonchev–Trinajstić information content (AvgIpc) is 2.33. The van der Waals surface area contributed by atoms with Gasteiger partial charge in [0.1, 0.15) is 11.6 Å². The summed E-state index contributed by atoms with van der Waals surface area (Å²) in [5.41, 5.74) is 0.328. The standard InChI is InChI=1S/C13H19F2N3/c1-10(2)18-5-3-17(4-6-18)9-13-12(15)7-11(14)8-16-13/h7-8,10H,3-6,9H2,1-2H3. The number of halogens is 2. The van der Waals surface area contributed by atoms with Crippen molar-refractivity contribution in [1.29, 1.82) is 0 Å². The molecule has 1 aromatic rings.